The second-order valence-electron chi connectivity index (χ2n) is 5.27. The van der Waals surface area contributed by atoms with E-state index in [-0.39, 0.29) is 5.60 Å². The number of fused-ring (bicyclic) bond motifs is 1. The van der Waals surface area contributed by atoms with Crippen LogP contribution in [-0.4, -0.2) is 31.8 Å². The zero-order chi connectivity index (χ0) is 11.6. The predicted molar refractivity (Wildman–Crippen MR) is 58.8 cm³/mol. The first-order valence-electron chi connectivity index (χ1n) is 6.09. The number of halogens is 1. The van der Waals surface area contributed by atoms with E-state index in [0.29, 0.717) is 37.7 Å². The van der Waals surface area contributed by atoms with E-state index in [9.17, 15) is 9.18 Å². The summed E-state index contributed by atoms with van der Waals surface area (Å²) in [6.45, 7) is 1.22. The molecule has 0 aromatic carbocycles. The summed E-state index contributed by atoms with van der Waals surface area (Å²) in [6, 6.07) is 0. The van der Waals surface area contributed by atoms with Crippen molar-refractivity contribution in [1.82, 2.24) is 5.32 Å². The Morgan fingerprint density at radius 2 is 2.19 bits per heavy atom. The molecule has 4 heteroatoms. The van der Waals surface area contributed by atoms with Crippen molar-refractivity contribution in [3.8, 4) is 0 Å². The molecule has 4 atom stereocenters. The van der Waals surface area contributed by atoms with E-state index in [1.165, 1.54) is 0 Å². The quantitative estimate of drug-likeness (QED) is 0.745. The van der Waals surface area contributed by atoms with Crippen LogP contribution < -0.4 is 5.32 Å². The first kappa shape index (κ1) is 11.8. The Morgan fingerprint density at radius 1 is 1.44 bits per heavy atom. The van der Waals surface area contributed by atoms with Crippen LogP contribution in [0, 0.1) is 11.8 Å². The number of ether oxygens (including phenoxy) is 1. The molecular formula is C12H20FNO2. The van der Waals surface area contributed by atoms with Gasteiger partial charge in [0.2, 0.25) is 0 Å². The van der Waals surface area contributed by atoms with Crippen LogP contribution >= 0.6 is 0 Å². The van der Waals surface area contributed by atoms with Crippen LogP contribution in [-0.2, 0) is 9.53 Å². The minimum atomic E-state index is -0.650. The number of alkyl halides is 1. The summed E-state index contributed by atoms with van der Waals surface area (Å²) < 4.78 is 18.6. The number of nitrogens with one attached hydrogen (secondary N) is 1. The second-order valence-corrected chi connectivity index (χ2v) is 5.27. The minimum Gasteiger partial charge on any atom is -0.460 e. The van der Waals surface area contributed by atoms with Crippen LogP contribution in [0.3, 0.4) is 0 Å². The van der Waals surface area contributed by atoms with Gasteiger partial charge in [0.1, 0.15) is 11.8 Å². The van der Waals surface area contributed by atoms with Crippen molar-refractivity contribution in [2.45, 2.75) is 43.9 Å². The Kier molecular flexibility index (Phi) is 3.47. The fraction of sp³-hybridized carbons (Fsp3) is 0.917. The molecule has 1 N–H and O–H groups in total. The third-order valence-corrected chi connectivity index (χ3v) is 4.14. The maximum absolute atomic E-state index is 13.3. The number of hydrogen-bond donors (Lipinski definition) is 1. The Balaban J connectivity index is 2.04. The molecular weight excluding hydrogens is 209 g/mol. The highest BCUT2D eigenvalue weighted by Crippen LogP contribution is 2.48. The molecule has 0 spiro atoms. The molecule has 2 aliphatic carbocycles. The maximum Gasteiger partial charge on any atom is 0.293 e. The Labute approximate surface area is 95.7 Å². The SMILES string of the molecule is CNCC1(OC=O)CC2CCC(F)CC2C1. The number of likely N-dealkylation sites (N-methyl/N-ethyl adjacent to an activating group) is 1. The average Bonchev–Trinajstić information content (AvgIpc) is 2.56. The summed E-state index contributed by atoms with van der Waals surface area (Å²) in [6.07, 6.45) is 3.33. The molecule has 3 nitrogen and oxygen atoms in total. The van der Waals surface area contributed by atoms with Gasteiger partial charge in [-0.05, 0) is 51.0 Å². The van der Waals surface area contributed by atoms with Crippen LogP contribution in [0.5, 0.6) is 0 Å². The van der Waals surface area contributed by atoms with Gasteiger partial charge in [-0.3, -0.25) is 4.79 Å². The summed E-state index contributed by atoms with van der Waals surface area (Å²) in [5.74, 6) is 0.942. The van der Waals surface area contributed by atoms with Crippen molar-refractivity contribution in [2.24, 2.45) is 11.8 Å². The summed E-state index contributed by atoms with van der Waals surface area (Å²) in [7, 11) is 1.86. The summed E-state index contributed by atoms with van der Waals surface area (Å²) >= 11 is 0. The van der Waals surface area contributed by atoms with Gasteiger partial charge in [-0.25, -0.2) is 4.39 Å². The van der Waals surface area contributed by atoms with Crippen molar-refractivity contribution in [3.63, 3.8) is 0 Å². The summed E-state index contributed by atoms with van der Waals surface area (Å²) in [5, 5.41) is 3.08. The normalized spacial score (nSPS) is 42.8. The Hall–Kier alpha value is -0.640. The van der Waals surface area contributed by atoms with Gasteiger partial charge in [0.15, 0.2) is 0 Å². The highest BCUT2D eigenvalue weighted by Gasteiger charge is 2.48. The molecule has 0 bridgehead atoms. The van der Waals surface area contributed by atoms with Gasteiger partial charge in [0.05, 0.1) is 0 Å². The Morgan fingerprint density at radius 3 is 2.88 bits per heavy atom. The molecule has 92 valence electrons. The van der Waals surface area contributed by atoms with E-state index in [2.05, 4.69) is 5.32 Å². The van der Waals surface area contributed by atoms with Crippen molar-refractivity contribution in [3.05, 3.63) is 0 Å². The molecule has 0 saturated heterocycles. The molecule has 0 aromatic heterocycles. The Bertz CT molecular complexity index is 261. The lowest BCUT2D eigenvalue weighted by Crippen LogP contribution is -2.39. The van der Waals surface area contributed by atoms with Gasteiger partial charge < -0.3 is 10.1 Å². The fourth-order valence-electron chi connectivity index (χ4n) is 3.53. The molecule has 2 saturated carbocycles. The summed E-state index contributed by atoms with van der Waals surface area (Å²) in [4.78, 5) is 10.6. The second kappa shape index (κ2) is 4.70. The van der Waals surface area contributed by atoms with Gasteiger partial charge in [0.25, 0.3) is 6.47 Å². The first-order chi connectivity index (χ1) is 7.69. The monoisotopic (exact) mass is 229 g/mol. The van der Waals surface area contributed by atoms with Crippen molar-refractivity contribution in [2.75, 3.05) is 13.6 Å². The summed E-state index contributed by atoms with van der Waals surface area (Å²) in [5.41, 5.74) is -0.379. The van der Waals surface area contributed by atoms with E-state index in [4.69, 9.17) is 4.74 Å². The van der Waals surface area contributed by atoms with Crippen LogP contribution in [0.25, 0.3) is 0 Å². The van der Waals surface area contributed by atoms with Gasteiger partial charge >= 0.3 is 0 Å². The van der Waals surface area contributed by atoms with Crippen molar-refractivity contribution in [1.29, 1.82) is 0 Å². The minimum absolute atomic E-state index is 0.379. The largest absolute Gasteiger partial charge is 0.460 e. The number of rotatable bonds is 4. The standard InChI is InChI=1S/C12H20FNO2/c1-14-7-12(16-8-15)5-9-2-3-11(13)4-10(9)6-12/h8-11,14H,2-7H2,1H3. The van der Waals surface area contributed by atoms with E-state index in [1.54, 1.807) is 0 Å². The first-order valence-corrected chi connectivity index (χ1v) is 6.09. The average molecular weight is 229 g/mol. The van der Waals surface area contributed by atoms with E-state index in [0.717, 1.165) is 19.3 Å². The molecule has 2 aliphatic rings. The van der Waals surface area contributed by atoms with Gasteiger partial charge in [0, 0.05) is 6.54 Å². The lowest BCUT2D eigenvalue weighted by atomic mass is 9.81. The van der Waals surface area contributed by atoms with E-state index >= 15 is 0 Å². The fourth-order valence-corrected chi connectivity index (χ4v) is 3.53. The zero-order valence-electron chi connectivity index (χ0n) is 9.75. The van der Waals surface area contributed by atoms with Crippen LogP contribution in [0.4, 0.5) is 4.39 Å². The molecule has 4 unspecified atom stereocenters. The van der Waals surface area contributed by atoms with E-state index < -0.39 is 6.17 Å². The van der Waals surface area contributed by atoms with Gasteiger partial charge in [-0.1, -0.05) is 0 Å². The third-order valence-electron chi connectivity index (χ3n) is 4.14. The number of hydrogen-bond acceptors (Lipinski definition) is 3. The highest BCUT2D eigenvalue weighted by molar-refractivity contribution is 5.38. The van der Waals surface area contributed by atoms with Crippen molar-refractivity contribution >= 4 is 6.47 Å². The topological polar surface area (TPSA) is 38.3 Å². The molecule has 0 aromatic rings. The highest BCUT2D eigenvalue weighted by atomic mass is 19.1. The molecule has 16 heavy (non-hydrogen) atoms. The lowest BCUT2D eigenvalue weighted by Gasteiger charge is -2.27. The lowest BCUT2D eigenvalue weighted by molar-refractivity contribution is -0.143. The van der Waals surface area contributed by atoms with Crippen molar-refractivity contribution < 1.29 is 13.9 Å². The predicted octanol–water partition coefficient (Wildman–Crippen LogP) is 1.67. The number of carbonyl (C=O) groups excluding carboxylic acids is 1. The zero-order valence-corrected chi connectivity index (χ0v) is 9.75. The number of carbonyl (C=O) groups is 1. The molecule has 0 amide bonds. The molecule has 2 rings (SSSR count). The molecule has 0 heterocycles. The van der Waals surface area contributed by atoms with Crippen LogP contribution in [0.2, 0.25) is 0 Å². The van der Waals surface area contributed by atoms with Crippen LogP contribution in [0.1, 0.15) is 32.1 Å². The maximum atomic E-state index is 13.3. The molecule has 2 fully saturated rings. The smallest absolute Gasteiger partial charge is 0.293 e. The molecule has 0 aliphatic heterocycles. The van der Waals surface area contributed by atoms with Crippen LogP contribution in [0.15, 0.2) is 0 Å². The van der Waals surface area contributed by atoms with Gasteiger partial charge in [-0.15, -0.1) is 0 Å². The molecule has 0 radical (unpaired) electrons. The van der Waals surface area contributed by atoms with Gasteiger partial charge in [-0.2, -0.15) is 0 Å². The third kappa shape index (κ3) is 2.21. The van der Waals surface area contributed by atoms with E-state index in [1.807, 2.05) is 7.05 Å².